The molecular weight excluding hydrogens is 436 g/mol. The number of rotatable bonds is 9. The van der Waals surface area contributed by atoms with Crippen LogP contribution in [-0.4, -0.2) is 69.2 Å². The molecule has 2 aromatic rings. The molecule has 0 bridgehead atoms. The molecule has 1 aromatic carbocycles. The van der Waals surface area contributed by atoms with Gasteiger partial charge in [0.15, 0.2) is 5.58 Å². The van der Waals surface area contributed by atoms with Gasteiger partial charge < -0.3 is 28.4 Å². The summed E-state index contributed by atoms with van der Waals surface area (Å²) in [6, 6.07) is 5.80. The SMILES string of the molecule is COC(=O)C1(CN2CCC(COc3noc4cccc(OCC5CCC5)c34)CC2)CCOCC1. The molecule has 0 unspecified atom stereocenters. The summed E-state index contributed by atoms with van der Waals surface area (Å²) in [5, 5.41) is 5.01. The first-order valence-electron chi connectivity index (χ1n) is 12.7. The maximum absolute atomic E-state index is 12.5. The Bertz CT molecular complexity index is 957. The molecule has 8 heteroatoms. The van der Waals surface area contributed by atoms with Crippen molar-refractivity contribution in [1.82, 2.24) is 10.1 Å². The summed E-state index contributed by atoms with van der Waals surface area (Å²) >= 11 is 0. The molecule has 0 N–H and O–H groups in total. The molecule has 0 atom stereocenters. The Morgan fingerprint density at radius 2 is 1.82 bits per heavy atom. The normalized spacial score (nSPS) is 21.8. The van der Waals surface area contributed by atoms with Crippen molar-refractivity contribution in [2.24, 2.45) is 17.3 Å². The monoisotopic (exact) mass is 472 g/mol. The number of aromatic nitrogens is 1. The summed E-state index contributed by atoms with van der Waals surface area (Å²) in [6.07, 6.45) is 7.30. The minimum Gasteiger partial charge on any atom is -0.492 e. The molecule has 0 radical (unpaired) electrons. The van der Waals surface area contributed by atoms with Crippen molar-refractivity contribution >= 4 is 16.9 Å². The van der Waals surface area contributed by atoms with Crippen LogP contribution in [0, 0.1) is 17.3 Å². The minimum absolute atomic E-state index is 0.102. The fourth-order valence-electron chi connectivity index (χ4n) is 5.36. The van der Waals surface area contributed by atoms with Gasteiger partial charge in [0.05, 0.1) is 25.7 Å². The van der Waals surface area contributed by atoms with Gasteiger partial charge in [0.2, 0.25) is 0 Å². The maximum Gasteiger partial charge on any atom is 0.313 e. The Balaban J connectivity index is 1.15. The van der Waals surface area contributed by atoms with Gasteiger partial charge in [0.25, 0.3) is 5.88 Å². The van der Waals surface area contributed by atoms with Crippen molar-refractivity contribution < 1.29 is 28.3 Å². The number of benzene rings is 1. The zero-order valence-corrected chi connectivity index (χ0v) is 20.1. The molecule has 1 aromatic heterocycles. The summed E-state index contributed by atoms with van der Waals surface area (Å²) in [5.74, 6) is 2.31. The molecule has 5 rings (SSSR count). The van der Waals surface area contributed by atoms with E-state index in [0.29, 0.717) is 43.1 Å². The first-order chi connectivity index (χ1) is 16.7. The number of hydrogen-bond donors (Lipinski definition) is 0. The van der Waals surface area contributed by atoms with Gasteiger partial charge in [0.1, 0.15) is 11.1 Å². The van der Waals surface area contributed by atoms with Gasteiger partial charge in [-0.05, 0) is 80.7 Å². The van der Waals surface area contributed by atoms with E-state index >= 15 is 0 Å². The average molecular weight is 473 g/mol. The molecule has 3 heterocycles. The Morgan fingerprint density at radius 1 is 1.09 bits per heavy atom. The molecular formula is C26H36N2O6. The number of esters is 1. The first-order valence-corrected chi connectivity index (χ1v) is 12.7. The van der Waals surface area contributed by atoms with E-state index in [9.17, 15) is 4.79 Å². The predicted octanol–water partition coefficient (Wildman–Crippen LogP) is 4.07. The molecule has 0 spiro atoms. The van der Waals surface area contributed by atoms with Crippen LogP contribution >= 0.6 is 0 Å². The third kappa shape index (κ3) is 5.03. The van der Waals surface area contributed by atoms with Gasteiger partial charge in [-0.3, -0.25) is 4.79 Å². The number of methoxy groups -OCH3 is 1. The minimum atomic E-state index is -0.439. The van der Waals surface area contributed by atoms with Gasteiger partial charge in [-0.2, -0.15) is 0 Å². The lowest BCUT2D eigenvalue weighted by atomic mass is 9.79. The summed E-state index contributed by atoms with van der Waals surface area (Å²) in [6.45, 7) is 5.22. The second-order valence-electron chi connectivity index (χ2n) is 10.1. The van der Waals surface area contributed by atoms with Gasteiger partial charge >= 0.3 is 5.97 Å². The quantitative estimate of drug-likeness (QED) is 0.505. The van der Waals surface area contributed by atoms with E-state index in [-0.39, 0.29) is 5.97 Å². The molecule has 34 heavy (non-hydrogen) atoms. The van der Waals surface area contributed by atoms with Crippen LogP contribution in [0.1, 0.15) is 44.9 Å². The molecule has 0 amide bonds. The smallest absolute Gasteiger partial charge is 0.313 e. The van der Waals surface area contributed by atoms with Crippen LogP contribution in [0.4, 0.5) is 0 Å². The maximum atomic E-state index is 12.5. The Morgan fingerprint density at radius 3 is 2.53 bits per heavy atom. The Kier molecular flexibility index (Phi) is 7.25. The van der Waals surface area contributed by atoms with Crippen LogP contribution in [0.2, 0.25) is 0 Å². The number of piperidine rings is 1. The fraction of sp³-hybridized carbons (Fsp3) is 0.692. The highest BCUT2D eigenvalue weighted by Gasteiger charge is 2.43. The zero-order chi connectivity index (χ0) is 23.4. The fourth-order valence-corrected chi connectivity index (χ4v) is 5.36. The van der Waals surface area contributed by atoms with Crippen LogP contribution in [0.5, 0.6) is 11.6 Å². The van der Waals surface area contributed by atoms with Crippen LogP contribution in [0.15, 0.2) is 22.7 Å². The average Bonchev–Trinajstić information content (AvgIpc) is 3.26. The van der Waals surface area contributed by atoms with Crippen LogP contribution in [-0.2, 0) is 14.3 Å². The number of nitrogens with zero attached hydrogens (tertiary/aromatic N) is 2. The van der Waals surface area contributed by atoms with Crippen molar-refractivity contribution in [2.75, 3.05) is 53.2 Å². The summed E-state index contributed by atoms with van der Waals surface area (Å²) in [4.78, 5) is 14.9. The van der Waals surface area contributed by atoms with Crippen molar-refractivity contribution in [1.29, 1.82) is 0 Å². The number of likely N-dealkylation sites (tertiary alicyclic amines) is 1. The number of carbonyl (C=O) groups excluding carboxylic acids is 1. The lowest BCUT2D eigenvalue weighted by Crippen LogP contribution is -2.49. The van der Waals surface area contributed by atoms with E-state index in [1.807, 2.05) is 18.2 Å². The zero-order valence-electron chi connectivity index (χ0n) is 20.1. The van der Waals surface area contributed by atoms with Gasteiger partial charge in [-0.25, -0.2) is 0 Å². The van der Waals surface area contributed by atoms with Crippen molar-refractivity contribution in [3.05, 3.63) is 18.2 Å². The first kappa shape index (κ1) is 23.4. The molecule has 3 fully saturated rings. The van der Waals surface area contributed by atoms with Crippen molar-refractivity contribution in [3.63, 3.8) is 0 Å². The summed E-state index contributed by atoms with van der Waals surface area (Å²) < 4.78 is 28.4. The van der Waals surface area contributed by atoms with Crippen molar-refractivity contribution in [3.8, 4) is 11.6 Å². The molecule has 8 nitrogen and oxygen atoms in total. The van der Waals surface area contributed by atoms with Crippen LogP contribution in [0.3, 0.4) is 0 Å². The highest BCUT2D eigenvalue weighted by Crippen LogP contribution is 2.37. The van der Waals surface area contributed by atoms with E-state index in [2.05, 4.69) is 10.1 Å². The van der Waals surface area contributed by atoms with Gasteiger partial charge in [-0.1, -0.05) is 12.5 Å². The second-order valence-corrected chi connectivity index (χ2v) is 10.1. The lowest BCUT2D eigenvalue weighted by Gasteiger charge is -2.41. The molecule has 2 saturated heterocycles. The molecule has 2 aliphatic heterocycles. The van der Waals surface area contributed by atoms with Crippen molar-refractivity contribution in [2.45, 2.75) is 44.9 Å². The molecule has 3 aliphatic rings. The number of carbonyl (C=O) groups is 1. The van der Waals surface area contributed by atoms with E-state index in [1.165, 1.54) is 26.4 Å². The number of ether oxygens (including phenoxy) is 4. The Hall–Kier alpha value is -2.32. The van der Waals surface area contributed by atoms with Crippen LogP contribution < -0.4 is 9.47 Å². The molecule has 1 saturated carbocycles. The topological polar surface area (TPSA) is 83.3 Å². The van der Waals surface area contributed by atoms with Crippen LogP contribution in [0.25, 0.3) is 11.0 Å². The highest BCUT2D eigenvalue weighted by molar-refractivity contribution is 5.88. The van der Waals surface area contributed by atoms with E-state index in [4.69, 9.17) is 23.5 Å². The molecule has 186 valence electrons. The number of hydrogen-bond acceptors (Lipinski definition) is 8. The molecule has 1 aliphatic carbocycles. The lowest BCUT2D eigenvalue weighted by molar-refractivity contribution is -0.160. The second kappa shape index (κ2) is 10.5. The standard InChI is InChI=1S/C26H36N2O6/c1-30-25(29)26(10-14-31-15-11-26)18-28-12-8-20(9-13-28)17-33-24-23-21(32-16-19-4-2-5-19)6-3-7-22(23)34-27-24/h3,6-7,19-20H,2,4-5,8-18H2,1H3. The summed E-state index contributed by atoms with van der Waals surface area (Å²) in [5.41, 5.74) is 0.256. The van der Waals surface area contributed by atoms with E-state index in [0.717, 1.165) is 63.1 Å². The summed E-state index contributed by atoms with van der Waals surface area (Å²) in [7, 11) is 1.49. The van der Waals surface area contributed by atoms with Gasteiger partial charge in [0, 0.05) is 19.8 Å². The Labute approximate surface area is 200 Å². The predicted molar refractivity (Wildman–Crippen MR) is 126 cm³/mol. The third-order valence-corrected chi connectivity index (χ3v) is 7.89. The van der Waals surface area contributed by atoms with E-state index in [1.54, 1.807) is 0 Å². The largest absolute Gasteiger partial charge is 0.492 e. The number of fused-ring (bicyclic) bond motifs is 1. The van der Waals surface area contributed by atoms with Gasteiger partial charge in [-0.15, -0.1) is 0 Å². The van der Waals surface area contributed by atoms with E-state index < -0.39 is 5.41 Å². The third-order valence-electron chi connectivity index (χ3n) is 7.89. The highest BCUT2D eigenvalue weighted by atomic mass is 16.5.